The molecule has 3 rings (SSSR count). The zero-order valence-corrected chi connectivity index (χ0v) is 19.6. The van der Waals surface area contributed by atoms with E-state index >= 15 is 0 Å². The third-order valence-electron chi connectivity index (χ3n) is 3.21. The molecule has 3 aromatic carbocycles. The summed E-state index contributed by atoms with van der Waals surface area (Å²) in [6.45, 7) is 0. The number of aromatic hydroxyl groups is 1. The summed E-state index contributed by atoms with van der Waals surface area (Å²) in [7, 11) is 10.5. The second kappa shape index (κ2) is 19.2. The number of phenols is 1. The minimum Gasteiger partial charge on any atom is -0.668 e. The Labute approximate surface area is 188 Å². The maximum atomic E-state index is 10.5. The Morgan fingerprint density at radius 1 is 0.483 bits per heavy atom. The van der Waals surface area contributed by atoms with Crippen molar-refractivity contribution < 1.29 is 23.7 Å². The van der Waals surface area contributed by atoms with E-state index in [1.807, 2.05) is 78.9 Å². The molecule has 0 aromatic heterocycles. The number of para-hydroxylation sites is 1. The Bertz CT molecular complexity index is 675. The van der Waals surface area contributed by atoms with Gasteiger partial charge in [-0.15, -0.1) is 0 Å². The van der Waals surface area contributed by atoms with Gasteiger partial charge < -0.3 is 21.1 Å². The van der Waals surface area contributed by atoms with E-state index in [0.29, 0.717) is 5.75 Å². The summed E-state index contributed by atoms with van der Waals surface area (Å²) in [6.07, 6.45) is 0. The fourth-order valence-corrected chi connectivity index (χ4v) is 2.24. The van der Waals surface area contributed by atoms with Crippen LogP contribution in [0.4, 0.5) is 0 Å². The van der Waals surface area contributed by atoms with Gasteiger partial charge in [0.1, 0.15) is 5.75 Å². The van der Waals surface area contributed by atoms with E-state index in [1.54, 1.807) is 42.3 Å². The smallest absolute Gasteiger partial charge is 0.131 e. The molecular formula is C24H32N3OV-3. The zero-order chi connectivity index (χ0) is 21.2. The number of hydrogen-bond donors (Lipinski definition) is 1. The van der Waals surface area contributed by atoms with Crippen molar-refractivity contribution in [1.82, 2.24) is 0 Å². The Morgan fingerprint density at radius 2 is 0.759 bits per heavy atom. The predicted molar refractivity (Wildman–Crippen MR) is 125 cm³/mol. The molecule has 0 unspecified atom stereocenters. The first kappa shape index (κ1) is 29.1. The molecule has 1 N–H and O–H groups in total. The van der Waals surface area contributed by atoms with Crippen molar-refractivity contribution in [2.45, 2.75) is 0 Å². The summed E-state index contributed by atoms with van der Waals surface area (Å²) in [6, 6.07) is 25.7. The van der Waals surface area contributed by atoms with Crippen molar-refractivity contribution in [3.05, 3.63) is 94.8 Å². The van der Waals surface area contributed by atoms with Crippen LogP contribution in [0, 0.1) is 0 Å². The van der Waals surface area contributed by atoms with Crippen molar-refractivity contribution in [3.8, 4) is 28.0 Å². The van der Waals surface area contributed by atoms with E-state index in [9.17, 15) is 5.11 Å². The topological polar surface area (TPSA) is 62.5 Å². The van der Waals surface area contributed by atoms with Gasteiger partial charge in [0.2, 0.25) is 0 Å². The summed E-state index contributed by atoms with van der Waals surface area (Å²) < 4.78 is 0. The van der Waals surface area contributed by atoms with Crippen molar-refractivity contribution in [2.75, 3.05) is 42.3 Å². The Balaban J connectivity index is 0. The molecule has 0 fully saturated rings. The number of phenolic OH excluding ortho intramolecular Hbond substituents is 1. The number of rotatable bonds is 2. The van der Waals surface area contributed by atoms with Crippen LogP contribution in [0.3, 0.4) is 0 Å². The number of hydrogen-bond acceptors (Lipinski definition) is 1. The summed E-state index contributed by atoms with van der Waals surface area (Å²) >= 11 is 0. The molecule has 0 atom stereocenters. The molecule has 0 spiro atoms. The van der Waals surface area contributed by atoms with Gasteiger partial charge in [-0.05, 0) is 11.1 Å². The van der Waals surface area contributed by atoms with Gasteiger partial charge in [0.05, 0.1) is 0 Å². The fourth-order valence-electron chi connectivity index (χ4n) is 2.24. The molecule has 29 heavy (non-hydrogen) atoms. The van der Waals surface area contributed by atoms with Gasteiger partial charge in [-0.25, -0.2) is 0 Å². The summed E-state index contributed by atoms with van der Waals surface area (Å²) in [5.41, 5.74) is 3.78. The maximum Gasteiger partial charge on any atom is 0.131 e. The van der Waals surface area contributed by atoms with Crippen LogP contribution in [0.5, 0.6) is 5.75 Å². The molecule has 0 amide bonds. The Kier molecular flexibility index (Phi) is 19.3. The van der Waals surface area contributed by atoms with Crippen LogP contribution in [0.2, 0.25) is 0 Å². The van der Waals surface area contributed by atoms with E-state index in [-0.39, 0.29) is 18.6 Å². The molecule has 5 heteroatoms. The van der Waals surface area contributed by atoms with E-state index < -0.39 is 0 Å². The molecule has 0 saturated heterocycles. The van der Waals surface area contributed by atoms with Crippen LogP contribution in [-0.2, 0) is 18.6 Å². The first-order chi connectivity index (χ1) is 13.6. The third kappa shape index (κ3) is 11.5. The predicted octanol–water partition coefficient (Wildman–Crippen LogP) is 6.58. The first-order valence-corrected chi connectivity index (χ1v) is 8.97. The third-order valence-corrected chi connectivity index (χ3v) is 3.21. The SMILES string of the molecule is C[N-]C.C[N-]C.C[N-]C.Oc1c(-c2ccccc2)cccc1-c1ccccc1.[V]. The van der Waals surface area contributed by atoms with Crippen LogP contribution in [0.1, 0.15) is 0 Å². The Hall–Kier alpha value is -2.08. The molecule has 4 nitrogen and oxygen atoms in total. The van der Waals surface area contributed by atoms with E-state index in [1.165, 1.54) is 0 Å². The van der Waals surface area contributed by atoms with Crippen LogP contribution >= 0.6 is 0 Å². The molecule has 1 radical (unpaired) electrons. The monoisotopic (exact) mass is 429 g/mol. The summed E-state index contributed by atoms with van der Waals surface area (Å²) in [4.78, 5) is 0. The van der Waals surface area contributed by atoms with Gasteiger partial charge >= 0.3 is 0 Å². The quantitative estimate of drug-likeness (QED) is 0.491. The van der Waals surface area contributed by atoms with Crippen LogP contribution < -0.4 is 0 Å². The minimum atomic E-state index is 0. The van der Waals surface area contributed by atoms with Crippen molar-refractivity contribution in [1.29, 1.82) is 0 Å². The van der Waals surface area contributed by atoms with Gasteiger partial charge in [-0.3, -0.25) is 0 Å². The maximum absolute atomic E-state index is 10.5. The largest absolute Gasteiger partial charge is 0.668 e. The number of benzene rings is 3. The second-order valence-electron chi connectivity index (χ2n) is 5.78. The standard InChI is InChI=1S/C18H14O.3C2H6N.V/c19-18-16(14-8-3-1-4-9-14)12-7-13-17(18)15-10-5-2-6-11-15;3*1-3-2;/h1-13,19H;3*1-2H3;/q;3*-1;. The molecule has 157 valence electrons. The van der Waals surface area contributed by atoms with Crippen molar-refractivity contribution >= 4 is 0 Å². The van der Waals surface area contributed by atoms with Crippen molar-refractivity contribution in [3.63, 3.8) is 0 Å². The van der Waals surface area contributed by atoms with Gasteiger partial charge in [0, 0.05) is 29.7 Å². The van der Waals surface area contributed by atoms with E-state index in [4.69, 9.17) is 0 Å². The van der Waals surface area contributed by atoms with Crippen LogP contribution in [0.25, 0.3) is 38.2 Å². The minimum absolute atomic E-state index is 0. The van der Waals surface area contributed by atoms with Gasteiger partial charge in [-0.1, -0.05) is 78.9 Å². The van der Waals surface area contributed by atoms with E-state index in [2.05, 4.69) is 16.0 Å². The molecule has 0 aliphatic heterocycles. The second-order valence-corrected chi connectivity index (χ2v) is 5.78. The van der Waals surface area contributed by atoms with Gasteiger partial charge in [0.15, 0.2) is 0 Å². The molecule has 0 bridgehead atoms. The first-order valence-electron chi connectivity index (χ1n) is 8.97. The van der Waals surface area contributed by atoms with Crippen LogP contribution in [0.15, 0.2) is 78.9 Å². The Morgan fingerprint density at radius 3 is 1.03 bits per heavy atom. The summed E-state index contributed by atoms with van der Waals surface area (Å²) in [5.74, 6) is 0.333. The molecule has 0 heterocycles. The molecule has 0 aliphatic carbocycles. The molecule has 3 aromatic rings. The average molecular weight is 429 g/mol. The zero-order valence-electron chi connectivity index (χ0n) is 18.2. The van der Waals surface area contributed by atoms with Gasteiger partial charge in [0.25, 0.3) is 0 Å². The average Bonchev–Trinajstić information content (AvgIpc) is 2.71. The fraction of sp³-hybridized carbons (Fsp3) is 0.250. The molecular weight excluding hydrogens is 397 g/mol. The van der Waals surface area contributed by atoms with Gasteiger partial charge in [-0.2, -0.15) is 42.3 Å². The van der Waals surface area contributed by atoms with Crippen molar-refractivity contribution in [2.24, 2.45) is 0 Å². The number of nitrogens with zero attached hydrogens (tertiary/aromatic N) is 3. The normalized spacial score (nSPS) is 8.62. The van der Waals surface area contributed by atoms with Crippen LogP contribution in [-0.4, -0.2) is 47.4 Å². The van der Waals surface area contributed by atoms with E-state index in [0.717, 1.165) is 22.3 Å². The molecule has 0 saturated carbocycles. The molecule has 0 aliphatic rings. The summed E-state index contributed by atoms with van der Waals surface area (Å²) in [5, 5.41) is 21.0.